The van der Waals surface area contributed by atoms with E-state index in [9.17, 15) is 9.59 Å². The Hall–Kier alpha value is -3.86. The van der Waals surface area contributed by atoms with E-state index in [0.29, 0.717) is 30.2 Å². The molecule has 0 aliphatic carbocycles. The van der Waals surface area contributed by atoms with Crippen molar-refractivity contribution in [2.24, 2.45) is 0 Å². The second-order valence-electron chi connectivity index (χ2n) is 8.88. The first-order chi connectivity index (χ1) is 16.4. The van der Waals surface area contributed by atoms with E-state index in [1.165, 1.54) is 10.5 Å². The number of amides is 2. The van der Waals surface area contributed by atoms with Crippen molar-refractivity contribution in [3.63, 3.8) is 0 Å². The van der Waals surface area contributed by atoms with Gasteiger partial charge in [-0.15, -0.1) is 0 Å². The quantitative estimate of drug-likeness (QED) is 0.453. The molecule has 3 aromatic carbocycles. The molecule has 0 saturated heterocycles. The van der Waals surface area contributed by atoms with Crippen molar-refractivity contribution in [1.29, 1.82) is 0 Å². The first kappa shape index (κ1) is 23.3. The highest BCUT2D eigenvalue weighted by Gasteiger charge is 2.38. The average molecular weight is 455 g/mol. The van der Waals surface area contributed by atoms with Crippen molar-refractivity contribution in [2.75, 3.05) is 19.0 Å². The Morgan fingerprint density at radius 1 is 0.853 bits per heavy atom. The number of hydrogen-bond donors (Lipinski definition) is 1. The number of nitrogens with one attached hydrogen (secondary N) is 1. The molecule has 0 bridgehead atoms. The van der Waals surface area contributed by atoms with E-state index in [0.717, 1.165) is 28.1 Å². The zero-order valence-electron chi connectivity index (χ0n) is 20.1. The Kier molecular flexibility index (Phi) is 6.82. The number of nitrogens with zero attached hydrogens (tertiary/aromatic N) is 1. The molecule has 1 heterocycles. The maximum Gasteiger partial charge on any atom is 0.278 e. The summed E-state index contributed by atoms with van der Waals surface area (Å²) in [5.41, 5.74) is 5.58. The normalized spacial score (nSPS) is 13.7. The molecule has 3 aromatic rings. The van der Waals surface area contributed by atoms with Crippen molar-refractivity contribution < 1.29 is 14.3 Å². The summed E-state index contributed by atoms with van der Waals surface area (Å²) >= 11 is 0. The average Bonchev–Trinajstić information content (AvgIpc) is 3.07. The minimum Gasteiger partial charge on any atom is -0.497 e. The molecule has 2 amide bonds. The predicted octanol–water partition coefficient (Wildman–Crippen LogP) is 5.56. The minimum absolute atomic E-state index is 0.274. The van der Waals surface area contributed by atoms with E-state index in [1.807, 2.05) is 79.7 Å². The summed E-state index contributed by atoms with van der Waals surface area (Å²) < 4.78 is 5.21. The van der Waals surface area contributed by atoms with Crippen LogP contribution in [0.5, 0.6) is 5.75 Å². The Bertz CT molecular complexity index is 1210. The lowest BCUT2D eigenvalue weighted by Gasteiger charge is -2.15. The van der Waals surface area contributed by atoms with Gasteiger partial charge in [-0.1, -0.05) is 67.9 Å². The highest BCUT2D eigenvalue weighted by molar-refractivity contribution is 6.36. The van der Waals surface area contributed by atoms with E-state index in [1.54, 1.807) is 7.11 Å². The molecule has 0 atom stereocenters. The summed E-state index contributed by atoms with van der Waals surface area (Å²) in [4.78, 5) is 28.2. The number of methoxy groups -OCH3 is 1. The van der Waals surface area contributed by atoms with Gasteiger partial charge in [-0.3, -0.25) is 14.5 Å². The Balaban J connectivity index is 1.61. The number of aryl methyl sites for hydroxylation is 1. The van der Waals surface area contributed by atoms with Crippen LogP contribution in [0.15, 0.2) is 78.5 Å². The van der Waals surface area contributed by atoms with Crippen LogP contribution in [0.25, 0.3) is 5.57 Å². The van der Waals surface area contributed by atoms with Gasteiger partial charge in [0, 0.05) is 12.2 Å². The number of hydrogen-bond acceptors (Lipinski definition) is 4. The second-order valence-corrected chi connectivity index (χ2v) is 8.88. The minimum atomic E-state index is -0.304. The molecular formula is C29H30N2O3. The lowest BCUT2D eigenvalue weighted by atomic mass is 10.0. The van der Waals surface area contributed by atoms with E-state index < -0.39 is 0 Å². The highest BCUT2D eigenvalue weighted by Crippen LogP contribution is 2.31. The molecule has 0 radical (unpaired) electrons. The summed E-state index contributed by atoms with van der Waals surface area (Å²) in [7, 11) is 1.62. The number of imide groups is 1. The highest BCUT2D eigenvalue weighted by atomic mass is 16.5. The number of rotatable bonds is 8. The van der Waals surface area contributed by atoms with E-state index >= 15 is 0 Å². The molecular weight excluding hydrogens is 424 g/mol. The van der Waals surface area contributed by atoms with Gasteiger partial charge in [-0.25, -0.2) is 0 Å². The zero-order chi connectivity index (χ0) is 24.2. The number of benzene rings is 3. The molecule has 0 fully saturated rings. The molecule has 0 unspecified atom stereocenters. The molecule has 5 nitrogen and oxygen atoms in total. The fraction of sp³-hybridized carbons (Fsp3) is 0.241. The Morgan fingerprint density at radius 3 is 2.09 bits per heavy atom. The van der Waals surface area contributed by atoms with Gasteiger partial charge in [-0.2, -0.15) is 0 Å². The van der Waals surface area contributed by atoms with Crippen LogP contribution in [-0.2, 0) is 16.0 Å². The van der Waals surface area contributed by atoms with Crippen LogP contribution in [-0.4, -0.2) is 30.4 Å². The summed E-state index contributed by atoms with van der Waals surface area (Å²) in [6.45, 7) is 6.58. The van der Waals surface area contributed by atoms with Crippen LogP contribution in [0.1, 0.15) is 42.0 Å². The molecule has 1 aliphatic rings. The van der Waals surface area contributed by atoms with Gasteiger partial charge in [0.1, 0.15) is 11.4 Å². The molecule has 4 rings (SSSR count). The number of carbonyl (C=O) groups is 2. The third kappa shape index (κ3) is 4.88. The standard InChI is InChI=1S/C29H30N2O3/c1-19(2)22-11-13-24(14-12-22)30-27-26(23-9-5-20(3)6-10-23)28(32)31(29(27)33)18-17-21-7-15-25(34-4)16-8-21/h5-16,19,30H,17-18H2,1-4H3. The van der Waals surface area contributed by atoms with Gasteiger partial charge in [0.15, 0.2) is 0 Å². The summed E-state index contributed by atoms with van der Waals surface area (Å²) in [6.07, 6.45) is 0.568. The van der Waals surface area contributed by atoms with Crippen LogP contribution in [0.2, 0.25) is 0 Å². The molecule has 174 valence electrons. The van der Waals surface area contributed by atoms with Crippen molar-refractivity contribution in [2.45, 2.75) is 33.1 Å². The summed E-state index contributed by atoms with van der Waals surface area (Å²) in [5, 5.41) is 3.24. The molecule has 34 heavy (non-hydrogen) atoms. The van der Waals surface area contributed by atoms with Crippen molar-refractivity contribution in [3.8, 4) is 5.75 Å². The molecule has 1 N–H and O–H groups in total. The maximum atomic E-state index is 13.5. The van der Waals surface area contributed by atoms with Crippen LogP contribution in [0, 0.1) is 6.92 Å². The van der Waals surface area contributed by atoms with Gasteiger partial charge in [0.25, 0.3) is 11.8 Å². The van der Waals surface area contributed by atoms with E-state index in [2.05, 4.69) is 19.2 Å². The Morgan fingerprint density at radius 2 is 1.50 bits per heavy atom. The third-order valence-corrected chi connectivity index (χ3v) is 6.14. The maximum absolute atomic E-state index is 13.5. The van der Waals surface area contributed by atoms with Gasteiger partial charge >= 0.3 is 0 Å². The lowest BCUT2D eigenvalue weighted by molar-refractivity contribution is -0.136. The molecule has 5 heteroatoms. The lowest BCUT2D eigenvalue weighted by Crippen LogP contribution is -2.34. The molecule has 0 saturated carbocycles. The number of ether oxygens (including phenoxy) is 1. The van der Waals surface area contributed by atoms with Crippen molar-refractivity contribution in [1.82, 2.24) is 4.90 Å². The molecule has 0 aromatic heterocycles. The largest absolute Gasteiger partial charge is 0.497 e. The van der Waals surface area contributed by atoms with Gasteiger partial charge in [0.2, 0.25) is 0 Å². The van der Waals surface area contributed by atoms with Gasteiger partial charge in [0.05, 0.1) is 12.7 Å². The van der Waals surface area contributed by atoms with E-state index in [-0.39, 0.29) is 11.8 Å². The fourth-order valence-corrected chi connectivity index (χ4v) is 4.01. The first-order valence-electron chi connectivity index (χ1n) is 11.5. The zero-order valence-corrected chi connectivity index (χ0v) is 20.1. The Labute approximate surface area is 201 Å². The van der Waals surface area contributed by atoms with Gasteiger partial charge < -0.3 is 10.1 Å². The molecule has 0 spiro atoms. The monoisotopic (exact) mass is 454 g/mol. The third-order valence-electron chi connectivity index (χ3n) is 6.14. The van der Waals surface area contributed by atoms with Crippen LogP contribution >= 0.6 is 0 Å². The molecule has 1 aliphatic heterocycles. The predicted molar refractivity (Wildman–Crippen MR) is 136 cm³/mol. The van der Waals surface area contributed by atoms with Crippen LogP contribution < -0.4 is 10.1 Å². The number of carbonyl (C=O) groups excluding carboxylic acids is 2. The van der Waals surface area contributed by atoms with Crippen LogP contribution in [0.4, 0.5) is 5.69 Å². The second kappa shape index (κ2) is 9.96. The topological polar surface area (TPSA) is 58.6 Å². The fourth-order valence-electron chi connectivity index (χ4n) is 4.01. The smallest absolute Gasteiger partial charge is 0.278 e. The van der Waals surface area contributed by atoms with Crippen LogP contribution in [0.3, 0.4) is 0 Å². The number of anilines is 1. The van der Waals surface area contributed by atoms with E-state index in [4.69, 9.17) is 4.74 Å². The van der Waals surface area contributed by atoms with Crippen molar-refractivity contribution in [3.05, 3.63) is 101 Å². The first-order valence-corrected chi connectivity index (χ1v) is 11.5. The van der Waals surface area contributed by atoms with Crippen molar-refractivity contribution >= 4 is 23.1 Å². The SMILES string of the molecule is COc1ccc(CCN2C(=O)C(Nc3ccc(C(C)C)cc3)=C(c3ccc(C)cc3)C2=O)cc1. The summed E-state index contributed by atoms with van der Waals surface area (Å²) in [5.74, 6) is 0.612. The summed E-state index contributed by atoms with van der Waals surface area (Å²) in [6, 6.07) is 23.4. The van der Waals surface area contributed by atoms with Gasteiger partial charge in [-0.05, 0) is 60.2 Å².